The monoisotopic (exact) mass is 363 g/mol. The molecule has 0 aliphatic carbocycles. The smallest absolute Gasteiger partial charge is 0.356 e. The summed E-state index contributed by atoms with van der Waals surface area (Å²) in [5, 5.41) is 12.4. The summed E-state index contributed by atoms with van der Waals surface area (Å²) < 4.78 is 34.4. The summed E-state index contributed by atoms with van der Waals surface area (Å²) in [5.74, 6) is -0.428. The van der Waals surface area contributed by atoms with Crippen LogP contribution in [-0.2, 0) is 27.7 Å². The Kier molecular flexibility index (Phi) is 4.50. The zero-order valence-corrected chi connectivity index (χ0v) is 14.5. The molecule has 11 heteroatoms. The molecule has 3 aliphatic rings. The van der Waals surface area contributed by atoms with Crippen LogP contribution >= 0.6 is 7.82 Å². The molecule has 4 N–H and O–H groups in total. The van der Waals surface area contributed by atoms with Gasteiger partial charge >= 0.3 is 7.82 Å². The summed E-state index contributed by atoms with van der Waals surface area (Å²) in [6, 6.07) is 0. The Morgan fingerprint density at radius 1 is 1.58 bits per heavy atom. The molecular formula is C13H22N3O7P. The number of hydrogen-bond donors (Lipinski definition) is 3. The molecule has 24 heavy (non-hydrogen) atoms. The van der Waals surface area contributed by atoms with Crippen LogP contribution in [0.5, 0.6) is 0 Å². The molecule has 10 nitrogen and oxygen atoms in total. The summed E-state index contributed by atoms with van der Waals surface area (Å²) in [6.45, 7) is 5.07. The Balaban J connectivity index is 1.81. The third-order valence-electron chi connectivity index (χ3n) is 3.99. The van der Waals surface area contributed by atoms with Gasteiger partial charge in [-0.2, -0.15) is 0 Å². The number of rotatable bonds is 3. The van der Waals surface area contributed by atoms with E-state index in [0.29, 0.717) is 0 Å². The topological polar surface area (TPSA) is 133 Å². The van der Waals surface area contributed by atoms with Gasteiger partial charge in [0.05, 0.1) is 18.2 Å². The number of amides is 1. The second-order valence-corrected chi connectivity index (χ2v) is 8.04. The lowest BCUT2D eigenvalue weighted by Crippen LogP contribution is -2.63. The standard InChI is InChI=1S/C13H22N3O7P/c1-7(2)22-24(19)20-6-8-10(23-24)13(3,14)11(21-8)16-5-4-9(17)15-12(16)18/h4-5,7-8,10-12,18H,6,14H2,1-3H3,(H,15,17). The molecule has 136 valence electrons. The third-order valence-corrected chi connectivity index (χ3v) is 5.62. The molecule has 2 fully saturated rings. The van der Waals surface area contributed by atoms with Crippen molar-refractivity contribution in [1.29, 1.82) is 0 Å². The van der Waals surface area contributed by atoms with E-state index in [1.807, 2.05) is 0 Å². The fourth-order valence-electron chi connectivity index (χ4n) is 2.96. The van der Waals surface area contributed by atoms with Crippen LogP contribution in [0.2, 0.25) is 0 Å². The van der Waals surface area contributed by atoms with Gasteiger partial charge in [0.25, 0.3) is 0 Å². The van der Waals surface area contributed by atoms with Gasteiger partial charge in [-0.3, -0.25) is 18.4 Å². The van der Waals surface area contributed by atoms with Gasteiger partial charge in [0.1, 0.15) is 12.2 Å². The van der Waals surface area contributed by atoms with Crippen molar-refractivity contribution in [1.82, 2.24) is 10.2 Å². The molecule has 1 amide bonds. The number of fused-ring (bicyclic) bond motifs is 1. The van der Waals surface area contributed by atoms with Crippen molar-refractivity contribution in [2.24, 2.45) is 5.73 Å². The molecule has 0 radical (unpaired) electrons. The summed E-state index contributed by atoms with van der Waals surface area (Å²) in [4.78, 5) is 12.6. The van der Waals surface area contributed by atoms with E-state index in [2.05, 4.69) is 5.32 Å². The predicted molar refractivity (Wildman–Crippen MR) is 81.0 cm³/mol. The van der Waals surface area contributed by atoms with Crippen LogP contribution in [0.25, 0.3) is 0 Å². The summed E-state index contributed by atoms with van der Waals surface area (Å²) in [5.41, 5.74) is 5.23. The number of aliphatic hydroxyl groups excluding tert-OH is 1. The van der Waals surface area contributed by atoms with Crippen LogP contribution in [0.1, 0.15) is 20.8 Å². The van der Waals surface area contributed by atoms with Gasteiger partial charge in [-0.05, 0) is 20.8 Å². The predicted octanol–water partition coefficient (Wildman–Crippen LogP) is -0.401. The Bertz CT molecular complexity index is 596. The molecule has 0 aromatic heterocycles. The zero-order valence-electron chi connectivity index (χ0n) is 13.6. The number of aliphatic hydroxyl groups is 1. The first-order chi connectivity index (χ1) is 11.1. The van der Waals surface area contributed by atoms with Gasteiger partial charge in [-0.25, -0.2) is 4.57 Å². The summed E-state index contributed by atoms with van der Waals surface area (Å²) in [7, 11) is -3.74. The van der Waals surface area contributed by atoms with Crippen molar-refractivity contribution in [3.63, 3.8) is 0 Å². The van der Waals surface area contributed by atoms with Crippen molar-refractivity contribution in [2.75, 3.05) is 6.61 Å². The lowest BCUT2D eigenvalue weighted by Gasteiger charge is -2.41. The maximum Gasteiger partial charge on any atom is 0.475 e. The van der Waals surface area contributed by atoms with E-state index < -0.39 is 44.1 Å². The molecular weight excluding hydrogens is 341 g/mol. The first kappa shape index (κ1) is 17.8. The SMILES string of the molecule is CC(C)OP1(=O)OCC2OC(N3C=CC(=O)NC3O)C(C)(N)C2O1. The summed E-state index contributed by atoms with van der Waals surface area (Å²) in [6.07, 6.45) is -1.18. The van der Waals surface area contributed by atoms with Gasteiger partial charge in [-0.1, -0.05) is 0 Å². The van der Waals surface area contributed by atoms with Crippen molar-refractivity contribution in [3.05, 3.63) is 12.3 Å². The van der Waals surface area contributed by atoms with Crippen molar-refractivity contribution < 1.29 is 32.8 Å². The van der Waals surface area contributed by atoms with E-state index in [9.17, 15) is 14.5 Å². The molecule has 3 rings (SSSR count). The molecule has 0 aromatic carbocycles. The van der Waals surface area contributed by atoms with Crippen molar-refractivity contribution >= 4 is 13.7 Å². The van der Waals surface area contributed by atoms with Crippen LogP contribution in [0.3, 0.4) is 0 Å². The molecule has 0 aromatic rings. The first-order valence-electron chi connectivity index (χ1n) is 7.62. The summed E-state index contributed by atoms with van der Waals surface area (Å²) >= 11 is 0. The highest BCUT2D eigenvalue weighted by atomic mass is 31.2. The van der Waals surface area contributed by atoms with E-state index in [1.54, 1.807) is 20.8 Å². The quantitative estimate of drug-likeness (QED) is 0.573. The van der Waals surface area contributed by atoms with Crippen LogP contribution < -0.4 is 11.1 Å². The number of carbonyl (C=O) groups is 1. The van der Waals surface area contributed by atoms with E-state index in [-0.39, 0.29) is 12.7 Å². The van der Waals surface area contributed by atoms with Gasteiger partial charge in [0.2, 0.25) is 12.3 Å². The molecule has 3 aliphatic heterocycles. The molecule has 0 bridgehead atoms. The average molecular weight is 363 g/mol. The van der Waals surface area contributed by atoms with Gasteiger partial charge in [0.15, 0.2) is 6.23 Å². The Hall–Kier alpha value is -1.00. The van der Waals surface area contributed by atoms with E-state index in [4.69, 9.17) is 24.0 Å². The van der Waals surface area contributed by atoms with Gasteiger partial charge in [-0.15, -0.1) is 0 Å². The van der Waals surface area contributed by atoms with Gasteiger partial charge in [0, 0.05) is 12.3 Å². The minimum Gasteiger partial charge on any atom is -0.356 e. The first-order valence-corrected chi connectivity index (χ1v) is 9.08. The highest BCUT2D eigenvalue weighted by Crippen LogP contribution is 2.58. The normalized spacial score (nSPS) is 45.4. The number of ether oxygens (including phenoxy) is 1. The number of carbonyl (C=O) groups excluding carboxylic acids is 1. The Morgan fingerprint density at radius 2 is 2.29 bits per heavy atom. The molecule has 2 saturated heterocycles. The number of nitrogens with one attached hydrogen (secondary N) is 1. The van der Waals surface area contributed by atoms with Gasteiger partial charge < -0.3 is 25.8 Å². The Labute approximate surface area is 139 Å². The molecule has 6 unspecified atom stereocenters. The molecule has 0 saturated carbocycles. The van der Waals surface area contributed by atoms with Crippen molar-refractivity contribution in [2.45, 2.75) is 57.2 Å². The largest absolute Gasteiger partial charge is 0.475 e. The zero-order chi connectivity index (χ0) is 17.7. The lowest BCUT2D eigenvalue weighted by atomic mass is 9.93. The molecule has 6 atom stereocenters. The maximum absolute atomic E-state index is 12.6. The third kappa shape index (κ3) is 3.11. The number of hydrogen-bond acceptors (Lipinski definition) is 9. The molecule has 3 heterocycles. The number of phosphoric acid groups is 1. The number of nitrogens with two attached hydrogens (primary N) is 1. The van der Waals surface area contributed by atoms with E-state index in [0.717, 1.165) is 0 Å². The highest BCUT2D eigenvalue weighted by Gasteiger charge is 2.60. The Morgan fingerprint density at radius 3 is 2.92 bits per heavy atom. The second-order valence-electron chi connectivity index (χ2n) is 6.46. The average Bonchev–Trinajstić information content (AvgIpc) is 2.69. The molecule has 0 spiro atoms. The minimum atomic E-state index is -3.74. The van der Waals surface area contributed by atoms with Crippen LogP contribution in [0.4, 0.5) is 0 Å². The van der Waals surface area contributed by atoms with E-state index >= 15 is 0 Å². The fourth-order valence-corrected chi connectivity index (χ4v) is 4.62. The minimum absolute atomic E-state index is 0.0159. The lowest BCUT2D eigenvalue weighted by molar-refractivity contribution is -0.148. The maximum atomic E-state index is 12.6. The van der Waals surface area contributed by atoms with Crippen molar-refractivity contribution in [3.8, 4) is 0 Å². The van der Waals surface area contributed by atoms with E-state index in [1.165, 1.54) is 17.2 Å². The second kappa shape index (κ2) is 6.06. The van der Waals surface area contributed by atoms with Crippen LogP contribution in [0.15, 0.2) is 12.3 Å². The van der Waals surface area contributed by atoms with Crippen LogP contribution in [0, 0.1) is 0 Å². The number of nitrogens with zero attached hydrogens (tertiary/aromatic N) is 1. The van der Waals surface area contributed by atoms with Crippen LogP contribution in [-0.4, -0.2) is 59.0 Å². The highest BCUT2D eigenvalue weighted by molar-refractivity contribution is 7.48. The number of phosphoric ester groups is 1. The fraction of sp³-hybridized carbons (Fsp3) is 0.769.